The summed E-state index contributed by atoms with van der Waals surface area (Å²) in [5, 5.41) is 0. The van der Waals surface area contributed by atoms with E-state index in [-0.39, 0.29) is 0 Å². The van der Waals surface area contributed by atoms with Crippen LogP contribution in [0.15, 0.2) is 28.2 Å². The smallest absolute Gasteiger partial charge is 0.222 e. The number of rotatable bonds is 2. The van der Waals surface area contributed by atoms with E-state index in [1.165, 1.54) is 19.2 Å². The van der Waals surface area contributed by atoms with Crippen molar-refractivity contribution in [3.8, 4) is 0 Å². The Morgan fingerprint density at radius 2 is 2.33 bits per heavy atom. The molecule has 0 aromatic carbocycles. The monoisotopic (exact) mass is 191 g/mol. The van der Waals surface area contributed by atoms with Crippen molar-refractivity contribution in [1.82, 2.24) is 0 Å². The van der Waals surface area contributed by atoms with Crippen LogP contribution in [0.5, 0.6) is 0 Å². The molecule has 0 saturated carbocycles. The third-order valence-electron chi connectivity index (χ3n) is 0.658. The average Bonchev–Trinajstić information content (AvgIpc) is 1.87. The standard InChI is InChI=1S/C6H7BrFN/c1-3-4-5(7)6(8)9-2/h3-4H,1H2,2H3/b5-4+,9-6?. The summed E-state index contributed by atoms with van der Waals surface area (Å²) in [6.07, 6.45) is 2.97. The fourth-order valence-electron chi connectivity index (χ4n) is 0.279. The van der Waals surface area contributed by atoms with Crippen LogP contribution in [0.1, 0.15) is 0 Å². The molecule has 0 unspecified atom stereocenters. The first-order chi connectivity index (χ1) is 4.22. The van der Waals surface area contributed by atoms with Gasteiger partial charge in [0.15, 0.2) is 0 Å². The number of halogens is 2. The summed E-state index contributed by atoms with van der Waals surface area (Å²) in [4.78, 5) is 3.29. The van der Waals surface area contributed by atoms with Gasteiger partial charge in [0.1, 0.15) is 0 Å². The molecule has 3 heteroatoms. The van der Waals surface area contributed by atoms with Crippen molar-refractivity contribution in [3.05, 3.63) is 23.2 Å². The summed E-state index contributed by atoms with van der Waals surface area (Å²) in [6, 6.07) is 0. The number of hydrogen-bond donors (Lipinski definition) is 0. The van der Waals surface area contributed by atoms with Gasteiger partial charge in [-0.15, -0.1) is 0 Å². The predicted octanol–water partition coefficient (Wildman–Crippen LogP) is 2.45. The Bertz CT molecular complexity index is 160. The molecule has 0 aromatic heterocycles. The van der Waals surface area contributed by atoms with Crippen molar-refractivity contribution in [2.24, 2.45) is 4.99 Å². The molecule has 0 aliphatic heterocycles. The summed E-state index contributed by atoms with van der Waals surface area (Å²) >= 11 is 2.95. The topological polar surface area (TPSA) is 12.4 Å². The highest BCUT2D eigenvalue weighted by Crippen LogP contribution is 2.07. The van der Waals surface area contributed by atoms with Crippen molar-refractivity contribution in [2.75, 3.05) is 7.05 Å². The molecule has 0 aliphatic carbocycles. The lowest BCUT2D eigenvalue weighted by Crippen LogP contribution is -1.85. The summed E-state index contributed by atoms with van der Waals surface area (Å²) in [7, 11) is 1.38. The van der Waals surface area contributed by atoms with Crippen LogP contribution in [0.25, 0.3) is 0 Å². The highest BCUT2D eigenvalue weighted by molar-refractivity contribution is 9.12. The van der Waals surface area contributed by atoms with Gasteiger partial charge in [0.2, 0.25) is 5.97 Å². The molecule has 50 valence electrons. The minimum atomic E-state index is -0.519. The minimum Gasteiger partial charge on any atom is -0.260 e. The second-order valence-electron chi connectivity index (χ2n) is 1.26. The molecular formula is C6H7BrFN. The van der Waals surface area contributed by atoms with Gasteiger partial charge >= 0.3 is 0 Å². The Morgan fingerprint density at radius 3 is 2.67 bits per heavy atom. The molecule has 0 N–H and O–H groups in total. The Hall–Kier alpha value is -0.440. The zero-order chi connectivity index (χ0) is 7.28. The Morgan fingerprint density at radius 1 is 1.78 bits per heavy atom. The van der Waals surface area contributed by atoms with Crippen LogP contribution in [0.4, 0.5) is 4.39 Å². The molecule has 0 aliphatic rings. The molecule has 9 heavy (non-hydrogen) atoms. The molecule has 0 amide bonds. The molecule has 0 radical (unpaired) electrons. The third-order valence-corrected chi connectivity index (χ3v) is 1.25. The highest BCUT2D eigenvalue weighted by atomic mass is 79.9. The van der Waals surface area contributed by atoms with Crippen LogP contribution in [0.2, 0.25) is 0 Å². The second kappa shape index (κ2) is 4.44. The normalized spacial score (nSPS) is 13.7. The van der Waals surface area contributed by atoms with Crippen molar-refractivity contribution in [1.29, 1.82) is 0 Å². The first kappa shape index (κ1) is 8.56. The van der Waals surface area contributed by atoms with Gasteiger partial charge in [0.05, 0.1) is 4.48 Å². The van der Waals surface area contributed by atoms with Crippen LogP contribution in [0, 0.1) is 0 Å². The van der Waals surface area contributed by atoms with Gasteiger partial charge in [-0.25, -0.2) is 0 Å². The Kier molecular flexibility index (Phi) is 4.22. The van der Waals surface area contributed by atoms with E-state index in [1.807, 2.05) is 0 Å². The lowest BCUT2D eigenvalue weighted by atomic mass is 10.5. The molecule has 0 aromatic rings. The summed E-state index contributed by atoms with van der Waals surface area (Å²) in [5.74, 6) is -0.519. The van der Waals surface area contributed by atoms with Crippen LogP contribution in [0.3, 0.4) is 0 Å². The molecule has 0 fully saturated rings. The van der Waals surface area contributed by atoms with Crippen LogP contribution in [-0.2, 0) is 0 Å². The van der Waals surface area contributed by atoms with E-state index in [2.05, 4.69) is 27.5 Å². The summed E-state index contributed by atoms with van der Waals surface area (Å²) in [5.41, 5.74) is 0. The number of aliphatic imine (C=N–C) groups is 1. The maximum Gasteiger partial charge on any atom is 0.222 e. The Balaban J connectivity index is 4.19. The van der Waals surface area contributed by atoms with Crippen LogP contribution in [-0.4, -0.2) is 13.0 Å². The van der Waals surface area contributed by atoms with E-state index < -0.39 is 5.97 Å². The maximum atomic E-state index is 12.3. The molecule has 0 atom stereocenters. The van der Waals surface area contributed by atoms with Gasteiger partial charge in [-0.1, -0.05) is 12.7 Å². The molecule has 0 rings (SSSR count). The van der Waals surface area contributed by atoms with Gasteiger partial charge in [0, 0.05) is 7.05 Å². The molecule has 0 heterocycles. The van der Waals surface area contributed by atoms with E-state index in [0.717, 1.165) is 0 Å². The maximum absolute atomic E-state index is 12.3. The first-order valence-electron chi connectivity index (χ1n) is 2.33. The van der Waals surface area contributed by atoms with Crippen molar-refractivity contribution in [3.63, 3.8) is 0 Å². The van der Waals surface area contributed by atoms with Crippen molar-refractivity contribution in [2.45, 2.75) is 0 Å². The van der Waals surface area contributed by atoms with Gasteiger partial charge in [-0.3, -0.25) is 4.99 Å². The molecule has 0 saturated heterocycles. The van der Waals surface area contributed by atoms with Crippen LogP contribution < -0.4 is 0 Å². The van der Waals surface area contributed by atoms with Gasteiger partial charge < -0.3 is 0 Å². The number of nitrogens with zero attached hydrogens (tertiary/aromatic N) is 1. The van der Waals surface area contributed by atoms with Crippen molar-refractivity contribution >= 4 is 21.9 Å². The largest absolute Gasteiger partial charge is 0.260 e. The fourth-order valence-corrected chi connectivity index (χ4v) is 0.643. The van der Waals surface area contributed by atoms with E-state index in [9.17, 15) is 4.39 Å². The third kappa shape index (κ3) is 3.19. The van der Waals surface area contributed by atoms with Gasteiger partial charge in [-0.2, -0.15) is 4.39 Å². The SMILES string of the molecule is C=C/C=C(/Br)C(F)=NC. The zero-order valence-electron chi connectivity index (χ0n) is 5.06. The zero-order valence-corrected chi connectivity index (χ0v) is 6.65. The highest BCUT2D eigenvalue weighted by Gasteiger charge is 1.96. The lowest BCUT2D eigenvalue weighted by Gasteiger charge is -1.87. The molecule has 1 nitrogen and oxygen atoms in total. The molecular weight excluding hydrogens is 185 g/mol. The molecule has 0 spiro atoms. The quantitative estimate of drug-likeness (QED) is 0.470. The summed E-state index contributed by atoms with van der Waals surface area (Å²) in [6.45, 7) is 3.39. The van der Waals surface area contributed by atoms with E-state index in [1.54, 1.807) is 0 Å². The van der Waals surface area contributed by atoms with E-state index in [4.69, 9.17) is 0 Å². The average molecular weight is 192 g/mol. The second-order valence-corrected chi connectivity index (χ2v) is 2.12. The predicted molar refractivity (Wildman–Crippen MR) is 41.7 cm³/mol. The molecule has 0 bridgehead atoms. The minimum absolute atomic E-state index is 0.319. The van der Waals surface area contributed by atoms with Gasteiger partial charge in [-0.05, 0) is 22.0 Å². The fraction of sp³-hybridized carbons (Fsp3) is 0.167. The van der Waals surface area contributed by atoms with E-state index >= 15 is 0 Å². The number of hydrogen-bond acceptors (Lipinski definition) is 1. The van der Waals surface area contributed by atoms with Crippen LogP contribution >= 0.6 is 15.9 Å². The lowest BCUT2D eigenvalue weighted by molar-refractivity contribution is 0.808. The van der Waals surface area contributed by atoms with Gasteiger partial charge in [0.25, 0.3) is 0 Å². The Labute approximate surface area is 62.1 Å². The first-order valence-corrected chi connectivity index (χ1v) is 3.12. The van der Waals surface area contributed by atoms with E-state index in [0.29, 0.717) is 4.48 Å². The number of allylic oxidation sites excluding steroid dienone is 3. The van der Waals surface area contributed by atoms with Crippen molar-refractivity contribution < 1.29 is 4.39 Å². The summed E-state index contributed by atoms with van der Waals surface area (Å²) < 4.78 is 12.6.